The Morgan fingerprint density at radius 2 is 2.25 bits per heavy atom. The highest BCUT2D eigenvalue weighted by Gasteiger charge is 2.24. The van der Waals surface area contributed by atoms with Crippen LogP contribution in [0.25, 0.3) is 11.5 Å². The third kappa shape index (κ3) is 4.64. The quantitative estimate of drug-likeness (QED) is 0.396. The van der Waals surface area contributed by atoms with Gasteiger partial charge < -0.3 is 13.9 Å². The normalized spacial score (nSPS) is 13.8. The van der Waals surface area contributed by atoms with Gasteiger partial charge in [0.25, 0.3) is 5.22 Å². The summed E-state index contributed by atoms with van der Waals surface area (Å²) >= 11 is 7.69. The van der Waals surface area contributed by atoms with Gasteiger partial charge in [-0.2, -0.15) is 0 Å². The van der Waals surface area contributed by atoms with E-state index in [1.54, 1.807) is 6.07 Å². The van der Waals surface area contributed by atoms with Crippen molar-refractivity contribution >= 4 is 29.3 Å². The van der Waals surface area contributed by atoms with Gasteiger partial charge in [-0.25, -0.2) is 0 Å². The Hall–Kier alpha value is -1.73. The predicted molar refractivity (Wildman–Crippen MR) is 90.4 cm³/mol. The summed E-state index contributed by atoms with van der Waals surface area (Å²) in [4.78, 5) is 11.0. The van der Waals surface area contributed by atoms with Gasteiger partial charge in [0.05, 0.1) is 23.8 Å². The van der Waals surface area contributed by atoms with Crippen LogP contribution in [0.3, 0.4) is 0 Å². The fraction of sp³-hybridized carbons (Fsp3) is 0.438. The number of esters is 1. The number of nitrogens with zero attached hydrogens (tertiary/aromatic N) is 2. The maximum atomic E-state index is 11.0. The number of aromatic nitrogens is 2. The number of carbonyl (C=O) groups is 1. The molecule has 1 aliphatic carbocycles. The zero-order chi connectivity index (χ0) is 16.9. The number of halogens is 1. The van der Waals surface area contributed by atoms with E-state index >= 15 is 0 Å². The molecule has 8 heteroatoms. The molecule has 1 fully saturated rings. The molecule has 128 valence electrons. The van der Waals surface area contributed by atoms with E-state index in [0.29, 0.717) is 46.4 Å². The molecule has 0 N–H and O–H groups in total. The molecule has 2 aromatic rings. The first-order chi connectivity index (χ1) is 11.7. The first-order valence-corrected chi connectivity index (χ1v) is 9.02. The van der Waals surface area contributed by atoms with E-state index in [2.05, 4.69) is 14.9 Å². The van der Waals surface area contributed by atoms with Gasteiger partial charge in [0.2, 0.25) is 5.89 Å². The van der Waals surface area contributed by atoms with Crippen LogP contribution in [-0.2, 0) is 9.53 Å². The SMILES string of the molecule is COC(=O)CCCSc1nnc(-c2ccc(OC3CC3)cc2Cl)o1. The van der Waals surface area contributed by atoms with Crippen molar-refractivity contribution in [1.82, 2.24) is 10.2 Å². The van der Waals surface area contributed by atoms with Gasteiger partial charge in [0.1, 0.15) is 5.75 Å². The van der Waals surface area contributed by atoms with Crippen LogP contribution < -0.4 is 4.74 Å². The summed E-state index contributed by atoms with van der Waals surface area (Å²) in [6.07, 6.45) is 3.57. The predicted octanol–water partition coefficient (Wildman–Crippen LogP) is 3.98. The first kappa shape index (κ1) is 17.1. The summed E-state index contributed by atoms with van der Waals surface area (Å²) in [6, 6.07) is 5.44. The van der Waals surface area contributed by atoms with Crippen molar-refractivity contribution in [3.63, 3.8) is 0 Å². The van der Waals surface area contributed by atoms with E-state index in [1.807, 2.05) is 12.1 Å². The van der Waals surface area contributed by atoms with Crippen molar-refractivity contribution in [3.05, 3.63) is 23.2 Å². The maximum absolute atomic E-state index is 11.0. The van der Waals surface area contributed by atoms with E-state index in [0.717, 1.165) is 18.6 Å². The second kappa shape index (κ2) is 7.90. The smallest absolute Gasteiger partial charge is 0.305 e. The Balaban J connectivity index is 1.57. The minimum atomic E-state index is -0.220. The monoisotopic (exact) mass is 368 g/mol. The van der Waals surface area contributed by atoms with E-state index in [-0.39, 0.29) is 5.97 Å². The molecule has 0 unspecified atom stereocenters. The van der Waals surface area contributed by atoms with Crippen molar-refractivity contribution < 1.29 is 18.7 Å². The highest BCUT2D eigenvalue weighted by Crippen LogP contribution is 2.34. The average molecular weight is 369 g/mol. The number of carbonyl (C=O) groups excluding carboxylic acids is 1. The van der Waals surface area contributed by atoms with Gasteiger partial charge in [-0.1, -0.05) is 23.4 Å². The van der Waals surface area contributed by atoms with Gasteiger partial charge in [-0.05, 0) is 37.5 Å². The number of benzene rings is 1. The Morgan fingerprint density at radius 3 is 2.96 bits per heavy atom. The number of rotatable bonds is 8. The third-order valence-electron chi connectivity index (χ3n) is 3.38. The number of hydrogen-bond donors (Lipinski definition) is 0. The highest BCUT2D eigenvalue weighted by atomic mass is 35.5. The number of hydrogen-bond acceptors (Lipinski definition) is 7. The van der Waals surface area contributed by atoms with Gasteiger partial charge in [-0.3, -0.25) is 4.79 Å². The molecular formula is C16H17ClN2O4S. The lowest BCUT2D eigenvalue weighted by molar-refractivity contribution is -0.140. The summed E-state index contributed by atoms with van der Waals surface area (Å²) in [7, 11) is 1.38. The molecule has 0 bridgehead atoms. The minimum absolute atomic E-state index is 0.220. The first-order valence-electron chi connectivity index (χ1n) is 7.65. The highest BCUT2D eigenvalue weighted by molar-refractivity contribution is 7.99. The number of methoxy groups -OCH3 is 1. The lowest BCUT2D eigenvalue weighted by Crippen LogP contribution is -1.99. The Labute approximate surface area is 148 Å². The van der Waals surface area contributed by atoms with Crippen LogP contribution in [0.5, 0.6) is 5.75 Å². The molecule has 1 heterocycles. The molecule has 1 aromatic carbocycles. The lowest BCUT2D eigenvalue weighted by Gasteiger charge is -2.06. The Morgan fingerprint density at radius 1 is 1.42 bits per heavy atom. The number of ether oxygens (including phenoxy) is 2. The standard InChI is InChI=1S/C16H17ClN2O4S/c1-21-14(20)3-2-8-24-16-19-18-15(23-16)12-7-6-11(9-13(12)17)22-10-4-5-10/h6-7,9-10H,2-5,8H2,1H3. The molecule has 0 saturated heterocycles. The molecule has 24 heavy (non-hydrogen) atoms. The molecule has 0 aliphatic heterocycles. The second-order valence-corrected chi connectivity index (χ2v) is 6.81. The van der Waals surface area contributed by atoms with Crippen molar-refractivity contribution in [3.8, 4) is 17.2 Å². The molecule has 1 aromatic heterocycles. The molecule has 1 aliphatic rings. The van der Waals surface area contributed by atoms with Crippen molar-refractivity contribution in [1.29, 1.82) is 0 Å². The van der Waals surface area contributed by atoms with Crippen LogP contribution in [0, 0.1) is 0 Å². The average Bonchev–Trinajstić information content (AvgIpc) is 3.26. The van der Waals surface area contributed by atoms with Gasteiger partial charge in [0, 0.05) is 12.2 Å². The summed E-state index contributed by atoms with van der Waals surface area (Å²) in [6.45, 7) is 0. The molecule has 0 amide bonds. The van der Waals surface area contributed by atoms with E-state index in [9.17, 15) is 4.79 Å². The Kier molecular flexibility index (Phi) is 5.63. The molecule has 3 rings (SSSR count). The number of thioether (sulfide) groups is 1. The van der Waals surface area contributed by atoms with E-state index < -0.39 is 0 Å². The van der Waals surface area contributed by atoms with Crippen molar-refractivity contribution in [2.24, 2.45) is 0 Å². The van der Waals surface area contributed by atoms with Crippen LogP contribution in [0.15, 0.2) is 27.8 Å². The lowest BCUT2D eigenvalue weighted by atomic mass is 10.2. The zero-order valence-corrected chi connectivity index (χ0v) is 14.7. The van der Waals surface area contributed by atoms with Crippen LogP contribution in [0.1, 0.15) is 25.7 Å². The zero-order valence-electron chi connectivity index (χ0n) is 13.2. The fourth-order valence-corrected chi connectivity index (χ4v) is 2.93. The van der Waals surface area contributed by atoms with Crippen molar-refractivity contribution in [2.45, 2.75) is 37.0 Å². The molecular weight excluding hydrogens is 352 g/mol. The summed E-state index contributed by atoms with van der Waals surface area (Å²) < 4.78 is 15.9. The minimum Gasteiger partial charge on any atom is -0.490 e. The van der Waals surface area contributed by atoms with Gasteiger partial charge in [-0.15, -0.1) is 10.2 Å². The van der Waals surface area contributed by atoms with Crippen LogP contribution >= 0.6 is 23.4 Å². The summed E-state index contributed by atoms with van der Waals surface area (Å²) in [5.74, 6) is 1.59. The van der Waals surface area contributed by atoms with Crippen molar-refractivity contribution in [2.75, 3.05) is 12.9 Å². The molecule has 0 atom stereocenters. The fourth-order valence-electron chi connectivity index (χ4n) is 1.98. The Bertz CT molecular complexity index is 718. The third-order valence-corrected chi connectivity index (χ3v) is 4.60. The van der Waals surface area contributed by atoms with Crippen LogP contribution in [-0.4, -0.2) is 35.1 Å². The molecule has 0 spiro atoms. The van der Waals surface area contributed by atoms with Crippen LogP contribution in [0.2, 0.25) is 5.02 Å². The van der Waals surface area contributed by atoms with Crippen LogP contribution in [0.4, 0.5) is 0 Å². The largest absolute Gasteiger partial charge is 0.490 e. The second-order valence-electron chi connectivity index (χ2n) is 5.36. The molecule has 6 nitrogen and oxygen atoms in total. The van der Waals surface area contributed by atoms with E-state index in [1.165, 1.54) is 18.9 Å². The summed E-state index contributed by atoms with van der Waals surface area (Å²) in [5.41, 5.74) is 0.675. The maximum Gasteiger partial charge on any atom is 0.305 e. The van der Waals surface area contributed by atoms with Gasteiger partial charge >= 0.3 is 5.97 Å². The molecule has 0 radical (unpaired) electrons. The summed E-state index contributed by atoms with van der Waals surface area (Å²) in [5, 5.41) is 8.98. The van der Waals surface area contributed by atoms with E-state index in [4.69, 9.17) is 20.8 Å². The van der Waals surface area contributed by atoms with Gasteiger partial charge in [0.15, 0.2) is 0 Å². The molecule has 1 saturated carbocycles. The topological polar surface area (TPSA) is 74.5 Å².